The van der Waals surface area contributed by atoms with Crippen molar-refractivity contribution in [2.45, 2.75) is 64.1 Å². The first kappa shape index (κ1) is 23.8. The fraction of sp³-hybridized carbons (Fsp3) is 0.938. The summed E-state index contributed by atoms with van der Waals surface area (Å²) in [5.41, 5.74) is 0. The molecular weight excluding hydrogens is 432 g/mol. The van der Waals surface area contributed by atoms with Crippen molar-refractivity contribution >= 4 is 29.9 Å². The highest BCUT2D eigenvalue weighted by Crippen LogP contribution is 2.21. The van der Waals surface area contributed by atoms with Crippen LogP contribution in [-0.2, 0) is 0 Å². The van der Waals surface area contributed by atoms with Crippen LogP contribution in [0.1, 0.15) is 51.9 Å². The summed E-state index contributed by atoms with van der Waals surface area (Å²) >= 11 is 0. The number of hydrogen-bond acceptors (Lipinski definition) is 2. The van der Waals surface area contributed by atoms with Gasteiger partial charge in [0.1, 0.15) is 0 Å². The first-order chi connectivity index (χ1) is 10.9. The van der Waals surface area contributed by atoms with E-state index < -0.39 is 12.6 Å². The van der Waals surface area contributed by atoms with E-state index in [1.165, 1.54) is 32.1 Å². The lowest BCUT2D eigenvalue weighted by molar-refractivity contribution is -0.132. The molecule has 0 aliphatic heterocycles. The molecule has 0 atom stereocenters. The molecule has 0 bridgehead atoms. The average molecular weight is 464 g/mol. The van der Waals surface area contributed by atoms with Crippen LogP contribution in [0.4, 0.5) is 13.2 Å². The molecule has 144 valence electrons. The molecule has 0 aromatic carbocycles. The third-order valence-corrected chi connectivity index (χ3v) is 4.18. The molecule has 1 aliphatic carbocycles. The fourth-order valence-electron chi connectivity index (χ4n) is 2.88. The molecule has 0 saturated heterocycles. The van der Waals surface area contributed by atoms with Gasteiger partial charge in [-0.1, -0.05) is 19.3 Å². The minimum absolute atomic E-state index is 0. The van der Waals surface area contributed by atoms with Crippen molar-refractivity contribution in [1.82, 2.24) is 15.5 Å². The minimum Gasteiger partial charge on any atom is -0.357 e. The van der Waals surface area contributed by atoms with Crippen molar-refractivity contribution in [3.8, 4) is 0 Å². The maximum Gasteiger partial charge on any atom is 0.390 e. The van der Waals surface area contributed by atoms with Gasteiger partial charge in [0.05, 0.1) is 6.42 Å². The topological polar surface area (TPSA) is 39.7 Å². The number of hydrogen-bond donors (Lipinski definition) is 2. The van der Waals surface area contributed by atoms with E-state index in [1.807, 2.05) is 6.92 Å². The van der Waals surface area contributed by atoms with Crippen LogP contribution in [0.3, 0.4) is 0 Å². The number of aliphatic imine (C=N–C) groups is 1. The van der Waals surface area contributed by atoms with E-state index in [9.17, 15) is 13.2 Å². The van der Waals surface area contributed by atoms with Crippen LogP contribution in [0.2, 0.25) is 0 Å². The molecule has 4 nitrogen and oxygen atoms in total. The Morgan fingerprint density at radius 2 is 1.83 bits per heavy atom. The second-order valence-corrected chi connectivity index (χ2v) is 6.18. The largest absolute Gasteiger partial charge is 0.390 e. The molecule has 1 rings (SSSR count). The molecule has 2 N–H and O–H groups in total. The van der Waals surface area contributed by atoms with Gasteiger partial charge in [0.15, 0.2) is 5.96 Å². The van der Waals surface area contributed by atoms with Gasteiger partial charge >= 0.3 is 6.18 Å². The first-order valence-electron chi connectivity index (χ1n) is 8.71. The quantitative estimate of drug-likeness (QED) is 0.249. The summed E-state index contributed by atoms with van der Waals surface area (Å²) in [5, 5.41) is 5.71. The second-order valence-electron chi connectivity index (χ2n) is 6.18. The van der Waals surface area contributed by atoms with E-state index >= 15 is 0 Å². The average Bonchev–Trinajstić information content (AvgIpc) is 2.51. The summed E-state index contributed by atoms with van der Waals surface area (Å²) in [5.74, 6) is 0.470. The Morgan fingerprint density at radius 3 is 2.42 bits per heavy atom. The second kappa shape index (κ2) is 13.0. The summed E-state index contributed by atoms with van der Waals surface area (Å²) < 4.78 is 36.5. The maximum atomic E-state index is 12.2. The van der Waals surface area contributed by atoms with E-state index in [-0.39, 0.29) is 30.5 Å². The molecule has 8 heteroatoms. The number of halogens is 4. The van der Waals surface area contributed by atoms with E-state index in [2.05, 4.69) is 27.6 Å². The van der Waals surface area contributed by atoms with Gasteiger partial charge in [-0.3, -0.25) is 4.99 Å². The van der Waals surface area contributed by atoms with Crippen LogP contribution in [0.25, 0.3) is 0 Å². The van der Waals surface area contributed by atoms with Gasteiger partial charge in [-0.2, -0.15) is 13.2 Å². The summed E-state index contributed by atoms with van der Waals surface area (Å²) in [6.07, 6.45) is 2.49. The van der Waals surface area contributed by atoms with Gasteiger partial charge in [0, 0.05) is 25.7 Å². The van der Waals surface area contributed by atoms with Crippen LogP contribution < -0.4 is 10.6 Å². The number of nitrogens with zero attached hydrogens (tertiary/aromatic N) is 2. The Morgan fingerprint density at radius 1 is 1.17 bits per heavy atom. The van der Waals surface area contributed by atoms with Crippen LogP contribution in [-0.4, -0.2) is 56.3 Å². The van der Waals surface area contributed by atoms with Gasteiger partial charge in [-0.05, 0) is 39.8 Å². The van der Waals surface area contributed by atoms with Crippen LogP contribution in [0.15, 0.2) is 4.99 Å². The Labute approximate surface area is 161 Å². The molecule has 0 radical (unpaired) electrons. The highest BCUT2D eigenvalue weighted by atomic mass is 127. The molecule has 0 unspecified atom stereocenters. The Balaban J connectivity index is 0.00000529. The zero-order valence-electron chi connectivity index (χ0n) is 14.8. The van der Waals surface area contributed by atoms with Crippen molar-refractivity contribution in [3.63, 3.8) is 0 Å². The highest BCUT2D eigenvalue weighted by Gasteiger charge is 2.26. The highest BCUT2D eigenvalue weighted by molar-refractivity contribution is 14.0. The van der Waals surface area contributed by atoms with E-state index in [1.54, 1.807) is 0 Å². The molecule has 1 fully saturated rings. The van der Waals surface area contributed by atoms with Crippen LogP contribution >= 0.6 is 24.0 Å². The summed E-state index contributed by atoms with van der Waals surface area (Å²) in [7, 11) is 2.16. The Kier molecular flexibility index (Phi) is 12.9. The van der Waals surface area contributed by atoms with Gasteiger partial charge in [0.25, 0.3) is 0 Å². The SMILES string of the molecule is CCNC(=NCCCN(C)C1CCCCC1)NCCC(F)(F)F.I. The van der Waals surface area contributed by atoms with Crippen molar-refractivity contribution in [1.29, 1.82) is 0 Å². The number of nitrogens with one attached hydrogen (secondary N) is 2. The van der Waals surface area contributed by atoms with E-state index in [0.717, 1.165) is 13.0 Å². The molecule has 0 aromatic heterocycles. The monoisotopic (exact) mass is 464 g/mol. The van der Waals surface area contributed by atoms with Crippen LogP contribution in [0, 0.1) is 0 Å². The van der Waals surface area contributed by atoms with E-state index in [0.29, 0.717) is 25.1 Å². The predicted octanol–water partition coefficient (Wildman–Crippen LogP) is 3.77. The zero-order chi connectivity index (χ0) is 17.1. The van der Waals surface area contributed by atoms with Crippen LogP contribution in [0.5, 0.6) is 0 Å². The summed E-state index contributed by atoms with van der Waals surface area (Å²) in [6.45, 7) is 4.00. The lowest BCUT2D eigenvalue weighted by Gasteiger charge is -2.31. The van der Waals surface area contributed by atoms with Gasteiger partial charge in [0.2, 0.25) is 0 Å². The fourth-order valence-corrected chi connectivity index (χ4v) is 2.88. The lowest BCUT2D eigenvalue weighted by Crippen LogP contribution is -2.39. The molecule has 0 heterocycles. The third kappa shape index (κ3) is 11.3. The Bertz CT molecular complexity index is 345. The minimum atomic E-state index is -4.13. The third-order valence-electron chi connectivity index (χ3n) is 4.18. The first-order valence-corrected chi connectivity index (χ1v) is 8.71. The lowest BCUT2D eigenvalue weighted by atomic mass is 9.94. The zero-order valence-corrected chi connectivity index (χ0v) is 17.1. The number of guanidine groups is 1. The van der Waals surface area contributed by atoms with E-state index in [4.69, 9.17) is 0 Å². The molecule has 0 spiro atoms. The van der Waals surface area contributed by atoms with Gasteiger partial charge < -0.3 is 15.5 Å². The molecule has 1 saturated carbocycles. The smallest absolute Gasteiger partial charge is 0.357 e. The van der Waals surface area contributed by atoms with Gasteiger partial charge in [-0.15, -0.1) is 24.0 Å². The molecule has 0 amide bonds. The molecule has 0 aromatic rings. The normalized spacial score (nSPS) is 16.8. The van der Waals surface area contributed by atoms with Crippen molar-refractivity contribution in [2.75, 3.05) is 33.2 Å². The number of rotatable bonds is 8. The predicted molar refractivity (Wildman–Crippen MR) is 104 cm³/mol. The van der Waals surface area contributed by atoms with Crippen molar-refractivity contribution in [2.24, 2.45) is 4.99 Å². The summed E-state index contributed by atoms with van der Waals surface area (Å²) in [4.78, 5) is 6.75. The standard InChI is InChI=1S/C16H31F3N4.HI/c1-3-20-15(22-12-10-16(17,18)19)21-11-7-13-23(2)14-8-5-4-6-9-14;/h14H,3-13H2,1-2H3,(H2,20,21,22);1H. The molecule has 1 aliphatic rings. The number of alkyl halides is 3. The molecule has 24 heavy (non-hydrogen) atoms. The Hall–Kier alpha value is -0.250. The molecular formula is C16H32F3IN4. The summed E-state index contributed by atoms with van der Waals surface area (Å²) in [6, 6.07) is 0.686. The van der Waals surface area contributed by atoms with Crippen molar-refractivity contribution < 1.29 is 13.2 Å². The van der Waals surface area contributed by atoms with Crippen molar-refractivity contribution in [3.05, 3.63) is 0 Å². The van der Waals surface area contributed by atoms with Gasteiger partial charge in [-0.25, -0.2) is 0 Å². The maximum absolute atomic E-state index is 12.2.